The van der Waals surface area contributed by atoms with Crippen molar-refractivity contribution < 1.29 is 22.8 Å². The number of carbonyl (C=O) groups excluding carboxylic acids is 3. The molecule has 0 aliphatic carbocycles. The molecule has 3 rings (SSSR count). The van der Waals surface area contributed by atoms with Gasteiger partial charge in [0, 0.05) is 25.6 Å². The van der Waals surface area contributed by atoms with Gasteiger partial charge in [-0.15, -0.1) is 0 Å². The van der Waals surface area contributed by atoms with Crippen molar-refractivity contribution in [2.45, 2.75) is 57.1 Å². The van der Waals surface area contributed by atoms with E-state index in [0.29, 0.717) is 26.3 Å². The SMILES string of the molecule is CC[C@@H](C(=O)NC(C)C)N(Cc1ccc(Cl)c(Cl)c1)C(=O)CCN1C(=O)c2ccccc2S1(=O)=O. The van der Waals surface area contributed by atoms with Crippen LogP contribution in [0.1, 0.15) is 49.5 Å². The first-order valence-corrected chi connectivity index (χ1v) is 13.4. The van der Waals surface area contributed by atoms with Crippen LogP contribution in [0.15, 0.2) is 47.4 Å². The molecule has 1 heterocycles. The fraction of sp³-hybridized carbons (Fsp3) is 0.375. The number of nitrogens with one attached hydrogen (secondary N) is 1. The van der Waals surface area contributed by atoms with Crippen LogP contribution in [-0.2, 0) is 26.2 Å². The molecule has 1 aliphatic heterocycles. The van der Waals surface area contributed by atoms with Gasteiger partial charge in [0.15, 0.2) is 0 Å². The Morgan fingerprint density at radius 1 is 1.09 bits per heavy atom. The molecule has 0 unspecified atom stereocenters. The minimum atomic E-state index is -4.04. The van der Waals surface area contributed by atoms with Gasteiger partial charge in [-0.05, 0) is 50.1 Å². The van der Waals surface area contributed by atoms with Gasteiger partial charge >= 0.3 is 0 Å². The largest absolute Gasteiger partial charge is 0.352 e. The van der Waals surface area contributed by atoms with E-state index in [0.717, 1.165) is 0 Å². The van der Waals surface area contributed by atoms with Crippen LogP contribution in [0, 0.1) is 0 Å². The van der Waals surface area contributed by atoms with Gasteiger partial charge in [0.2, 0.25) is 11.8 Å². The third kappa shape index (κ3) is 5.79. The average molecular weight is 540 g/mol. The highest BCUT2D eigenvalue weighted by atomic mass is 35.5. The highest BCUT2D eigenvalue weighted by Crippen LogP contribution is 2.30. The van der Waals surface area contributed by atoms with Crippen molar-refractivity contribution in [1.29, 1.82) is 0 Å². The summed E-state index contributed by atoms with van der Waals surface area (Å²) in [7, 11) is -4.04. The van der Waals surface area contributed by atoms with E-state index < -0.39 is 27.9 Å². The first-order chi connectivity index (χ1) is 16.5. The molecule has 0 spiro atoms. The number of fused-ring (bicyclic) bond motifs is 1. The summed E-state index contributed by atoms with van der Waals surface area (Å²) in [5, 5.41) is 3.49. The van der Waals surface area contributed by atoms with Crippen LogP contribution in [0.5, 0.6) is 0 Å². The normalized spacial score (nSPS) is 15.1. The Morgan fingerprint density at radius 3 is 2.37 bits per heavy atom. The van der Waals surface area contributed by atoms with Crippen molar-refractivity contribution in [2.24, 2.45) is 0 Å². The third-order valence-corrected chi connectivity index (χ3v) is 8.17. The van der Waals surface area contributed by atoms with Crippen molar-refractivity contribution in [2.75, 3.05) is 6.54 Å². The summed E-state index contributed by atoms with van der Waals surface area (Å²) in [6.07, 6.45) is 0.0454. The second-order valence-electron chi connectivity index (χ2n) is 8.49. The van der Waals surface area contributed by atoms with E-state index in [4.69, 9.17) is 23.2 Å². The summed E-state index contributed by atoms with van der Waals surface area (Å²) in [5.41, 5.74) is 0.733. The number of halogens is 2. The molecule has 3 amide bonds. The zero-order valence-electron chi connectivity index (χ0n) is 19.6. The maximum Gasteiger partial charge on any atom is 0.269 e. The van der Waals surface area contributed by atoms with Crippen LogP contribution in [0.4, 0.5) is 0 Å². The predicted octanol–water partition coefficient (Wildman–Crippen LogP) is 3.86. The number of amides is 3. The lowest BCUT2D eigenvalue weighted by Gasteiger charge is -2.31. The van der Waals surface area contributed by atoms with Crippen molar-refractivity contribution in [3.05, 3.63) is 63.6 Å². The zero-order valence-corrected chi connectivity index (χ0v) is 22.0. The van der Waals surface area contributed by atoms with E-state index >= 15 is 0 Å². The van der Waals surface area contributed by atoms with Crippen LogP contribution in [0.25, 0.3) is 0 Å². The third-order valence-electron chi connectivity index (χ3n) is 5.59. The van der Waals surface area contributed by atoms with E-state index in [1.807, 2.05) is 13.8 Å². The maximum atomic E-state index is 13.4. The van der Waals surface area contributed by atoms with E-state index in [-0.39, 0.29) is 41.9 Å². The molecule has 0 aromatic heterocycles. The molecular weight excluding hydrogens is 513 g/mol. The molecule has 11 heteroatoms. The fourth-order valence-corrected chi connectivity index (χ4v) is 5.82. The molecule has 2 aromatic rings. The highest BCUT2D eigenvalue weighted by molar-refractivity contribution is 7.90. The van der Waals surface area contributed by atoms with Gasteiger partial charge in [-0.1, -0.05) is 48.3 Å². The molecular formula is C24H27Cl2N3O5S. The van der Waals surface area contributed by atoms with Gasteiger partial charge < -0.3 is 10.2 Å². The average Bonchev–Trinajstić information content (AvgIpc) is 2.99. The standard InChI is InChI=1S/C24H27Cl2N3O5S/c1-4-20(23(31)27-15(2)3)28(14-16-9-10-18(25)19(26)13-16)22(30)11-12-29-24(32)17-7-5-6-8-21(17)35(29,33)34/h5-10,13,15,20H,4,11-12,14H2,1-3H3,(H,27,31)/t20-/m0/s1. The molecule has 0 saturated heterocycles. The summed E-state index contributed by atoms with van der Waals surface area (Å²) in [4.78, 5) is 40.3. The first kappa shape index (κ1) is 27.0. The Balaban J connectivity index is 1.85. The summed E-state index contributed by atoms with van der Waals surface area (Å²) in [6.45, 7) is 5.13. The van der Waals surface area contributed by atoms with Crippen molar-refractivity contribution in [3.8, 4) is 0 Å². The summed E-state index contributed by atoms with van der Waals surface area (Å²) < 4.78 is 26.4. The van der Waals surface area contributed by atoms with Crippen LogP contribution in [0.2, 0.25) is 10.0 Å². The number of hydrogen-bond acceptors (Lipinski definition) is 5. The molecule has 2 aromatic carbocycles. The highest BCUT2D eigenvalue weighted by Gasteiger charge is 2.41. The topological polar surface area (TPSA) is 104 Å². The Morgan fingerprint density at radius 2 is 1.77 bits per heavy atom. The molecule has 0 radical (unpaired) electrons. The maximum absolute atomic E-state index is 13.4. The molecule has 1 aliphatic rings. The number of benzene rings is 2. The van der Waals surface area contributed by atoms with Crippen LogP contribution < -0.4 is 5.32 Å². The molecule has 0 bridgehead atoms. The van der Waals surface area contributed by atoms with E-state index in [9.17, 15) is 22.8 Å². The van der Waals surface area contributed by atoms with Crippen molar-refractivity contribution in [1.82, 2.24) is 14.5 Å². The number of rotatable bonds is 9. The number of nitrogens with zero attached hydrogens (tertiary/aromatic N) is 2. The van der Waals surface area contributed by atoms with Gasteiger partial charge in [0.1, 0.15) is 10.9 Å². The Bertz CT molecular complexity index is 1250. The lowest BCUT2D eigenvalue weighted by Crippen LogP contribution is -2.51. The van der Waals surface area contributed by atoms with Gasteiger partial charge in [0.05, 0.1) is 15.6 Å². The van der Waals surface area contributed by atoms with Gasteiger partial charge in [0.25, 0.3) is 15.9 Å². The van der Waals surface area contributed by atoms with Crippen LogP contribution >= 0.6 is 23.2 Å². The van der Waals surface area contributed by atoms with E-state index in [2.05, 4.69) is 5.32 Å². The monoisotopic (exact) mass is 539 g/mol. The molecule has 0 fully saturated rings. The quantitative estimate of drug-likeness (QED) is 0.520. The Labute approximate surface area is 215 Å². The lowest BCUT2D eigenvalue weighted by atomic mass is 10.1. The first-order valence-electron chi connectivity index (χ1n) is 11.2. The number of sulfonamides is 1. The molecule has 35 heavy (non-hydrogen) atoms. The minimum Gasteiger partial charge on any atom is -0.352 e. The zero-order chi connectivity index (χ0) is 25.9. The second-order valence-corrected chi connectivity index (χ2v) is 11.1. The van der Waals surface area contributed by atoms with E-state index in [1.165, 1.54) is 23.1 Å². The molecule has 0 saturated carbocycles. The fourth-order valence-electron chi connectivity index (χ4n) is 3.93. The Hall–Kier alpha value is -2.62. The number of carbonyl (C=O) groups is 3. The number of hydrogen-bond donors (Lipinski definition) is 1. The smallest absolute Gasteiger partial charge is 0.269 e. The van der Waals surface area contributed by atoms with Gasteiger partial charge in [-0.3, -0.25) is 14.4 Å². The lowest BCUT2D eigenvalue weighted by molar-refractivity contribution is -0.141. The van der Waals surface area contributed by atoms with Crippen molar-refractivity contribution >= 4 is 50.9 Å². The molecule has 1 N–H and O–H groups in total. The van der Waals surface area contributed by atoms with Gasteiger partial charge in [-0.25, -0.2) is 12.7 Å². The van der Waals surface area contributed by atoms with Gasteiger partial charge in [-0.2, -0.15) is 0 Å². The summed E-state index contributed by atoms with van der Waals surface area (Å²) in [6, 6.07) is 9.90. The Kier molecular flexibility index (Phi) is 8.46. The van der Waals surface area contributed by atoms with Crippen LogP contribution in [-0.4, -0.2) is 54.0 Å². The summed E-state index contributed by atoms with van der Waals surface area (Å²) in [5.74, 6) is -1.47. The van der Waals surface area contributed by atoms with Crippen molar-refractivity contribution in [3.63, 3.8) is 0 Å². The van der Waals surface area contributed by atoms with E-state index in [1.54, 1.807) is 31.2 Å². The van der Waals surface area contributed by atoms with Crippen LogP contribution in [0.3, 0.4) is 0 Å². The predicted molar refractivity (Wildman–Crippen MR) is 134 cm³/mol. The molecule has 1 atom stereocenters. The summed E-state index contributed by atoms with van der Waals surface area (Å²) >= 11 is 12.1. The molecule has 188 valence electrons. The second kappa shape index (κ2) is 11.0. The molecule has 8 nitrogen and oxygen atoms in total. The minimum absolute atomic E-state index is 0.0562.